The molecule has 5 heteroatoms. The van der Waals surface area contributed by atoms with E-state index >= 15 is 0 Å². The number of aryl methyl sites for hydroxylation is 1. The first-order valence-electron chi connectivity index (χ1n) is 8.81. The number of likely N-dealkylation sites (tertiary alicyclic amines) is 1. The first kappa shape index (κ1) is 16.9. The number of carbonyl (C=O) groups excluding carboxylic acids is 1. The van der Waals surface area contributed by atoms with Gasteiger partial charge in [0, 0.05) is 31.7 Å². The fraction of sp³-hybridized carbons (Fsp3) is 0.722. The number of amides is 1. The van der Waals surface area contributed by atoms with Gasteiger partial charge >= 0.3 is 0 Å². The monoisotopic (exact) mass is 336 g/mol. The number of carbonyl (C=O) groups is 1. The fourth-order valence-electron chi connectivity index (χ4n) is 3.74. The van der Waals surface area contributed by atoms with Crippen LogP contribution in [0.4, 0.5) is 0 Å². The van der Waals surface area contributed by atoms with E-state index in [1.807, 2.05) is 18.4 Å². The molecule has 0 unspecified atom stereocenters. The average Bonchev–Trinajstić information content (AvgIpc) is 3.01. The second kappa shape index (κ2) is 7.77. The predicted molar refractivity (Wildman–Crippen MR) is 94.2 cm³/mol. The molecule has 0 spiro atoms. The Labute approximate surface area is 143 Å². The van der Waals surface area contributed by atoms with E-state index in [9.17, 15) is 4.79 Å². The molecule has 3 rings (SSSR count). The number of hydrogen-bond acceptors (Lipinski definition) is 4. The van der Waals surface area contributed by atoms with Crippen LogP contribution in [0.1, 0.15) is 47.3 Å². The third-order valence-corrected chi connectivity index (χ3v) is 6.27. The summed E-state index contributed by atoms with van der Waals surface area (Å²) in [5.41, 5.74) is 1.25. The predicted octanol–water partition coefficient (Wildman–Crippen LogP) is 3.07. The van der Waals surface area contributed by atoms with Crippen molar-refractivity contribution in [2.75, 3.05) is 39.4 Å². The Morgan fingerprint density at radius 2 is 2.04 bits per heavy atom. The van der Waals surface area contributed by atoms with Gasteiger partial charge in [-0.25, -0.2) is 0 Å². The summed E-state index contributed by atoms with van der Waals surface area (Å²) in [6.07, 6.45) is 6.09. The van der Waals surface area contributed by atoms with Crippen molar-refractivity contribution in [1.29, 1.82) is 0 Å². The van der Waals surface area contributed by atoms with Crippen LogP contribution in [-0.2, 0) is 4.74 Å². The molecule has 1 aromatic heterocycles. The molecular weight excluding hydrogens is 308 g/mol. The van der Waals surface area contributed by atoms with Gasteiger partial charge in [0.25, 0.3) is 5.91 Å². The molecule has 0 aliphatic carbocycles. The summed E-state index contributed by atoms with van der Waals surface area (Å²) in [4.78, 5) is 15.9. The maximum atomic E-state index is 12.5. The molecule has 4 nitrogen and oxygen atoms in total. The molecule has 3 heterocycles. The lowest BCUT2D eigenvalue weighted by Crippen LogP contribution is -2.49. The summed E-state index contributed by atoms with van der Waals surface area (Å²) in [5, 5.41) is 5.20. The Balaban J connectivity index is 1.61. The van der Waals surface area contributed by atoms with E-state index in [-0.39, 0.29) is 11.3 Å². The van der Waals surface area contributed by atoms with E-state index < -0.39 is 0 Å². The Bertz CT molecular complexity index is 517. The first-order chi connectivity index (χ1) is 11.2. The van der Waals surface area contributed by atoms with Gasteiger partial charge in [-0.3, -0.25) is 4.79 Å². The molecule has 0 radical (unpaired) electrons. The van der Waals surface area contributed by atoms with Crippen LogP contribution in [0.25, 0.3) is 0 Å². The molecule has 0 bridgehead atoms. The number of hydrogen-bond donors (Lipinski definition) is 1. The molecule has 128 valence electrons. The van der Waals surface area contributed by atoms with Crippen molar-refractivity contribution >= 4 is 17.2 Å². The molecule has 0 saturated carbocycles. The number of piperidine rings is 1. The maximum Gasteiger partial charge on any atom is 0.261 e. The minimum atomic E-state index is 0.0852. The van der Waals surface area contributed by atoms with Crippen LogP contribution in [0.3, 0.4) is 0 Å². The zero-order chi connectivity index (χ0) is 16.1. The van der Waals surface area contributed by atoms with Crippen LogP contribution in [0.5, 0.6) is 0 Å². The molecule has 1 N–H and O–H groups in total. The van der Waals surface area contributed by atoms with Gasteiger partial charge in [-0.15, -0.1) is 11.3 Å². The van der Waals surface area contributed by atoms with Crippen LogP contribution in [0.2, 0.25) is 0 Å². The highest BCUT2D eigenvalue weighted by molar-refractivity contribution is 7.12. The van der Waals surface area contributed by atoms with Gasteiger partial charge in [-0.05, 0) is 62.7 Å². The van der Waals surface area contributed by atoms with Crippen LogP contribution in [0.15, 0.2) is 11.4 Å². The molecule has 2 aliphatic rings. The minimum absolute atomic E-state index is 0.0852. The molecular formula is C18H28N2O2S. The van der Waals surface area contributed by atoms with E-state index in [0.29, 0.717) is 0 Å². The van der Waals surface area contributed by atoms with E-state index in [2.05, 4.69) is 10.2 Å². The Morgan fingerprint density at radius 3 is 2.70 bits per heavy atom. The summed E-state index contributed by atoms with van der Waals surface area (Å²) in [5.74, 6) is 0.0852. The van der Waals surface area contributed by atoms with E-state index in [4.69, 9.17) is 4.74 Å². The van der Waals surface area contributed by atoms with Crippen molar-refractivity contribution in [2.45, 2.75) is 39.0 Å². The lowest BCUT2D eigenvalue weighted by Gasteiger charge is -2.42. The maximum absolute atomic E-state index is 12.5. The van der Waals surface area contributed by atoms with Gasteiger partial charge in [-0.2, -0.15) is 0 Å². The Hall–Kier alpha value is -0.910. The lowest BCUT2D eigenvalue weighted by atomic mass is 9.79. The third kappa shape index (κ3) is 4.34. The number of ether oxygens (including phenoxy) is 1. The molecule has 0 aromatic carbocycles. The highest BCUT2D eigenvalue weighted by Gasteiger charge is 2.35. The van der Waals surface area contributed by atoms with Gasteiger partial charge in [0.15, 0.2) is 0 Å². The van der Waals surface area contributed by atoms with Crippen LogP contribution in [0, 0.1) is 12.3 Å². The zero-order valence-corrected chi connectivity index (χ0v) is 14.9. The molecule has 2 saturated heterocycles. The van der Waals surface area contributed by atoms with Gasteiger partial charge in [0.1, 0.15) is 0 Å². The lowest BCUT2D eigenvalue weighted by molar-refractivity contribution is -0.00670. The Kier molecular flexibility index (Phi) is 5.72. The second-order valence-corrected chi connectivity index (χ2v) is 7.98. The van der Waals surface area contributed by atoms with Crippen molar-refractivity contribution in [3.8, 4) is 0 Å². The average molecular weight is 337 g/mol. The topological polar surface area (TPSA) is 41.6 Å². The van der Waals surface area contributed by atoms with E-state index in [0.717, 1.165) is 49.6 Å². The largest absolute Gasteiger partial charge is 0.381 e. The van der Waals surface area contributed by atoms with Crippen molar-refractivity contribution in [3.63, 3.8) is 0 Å². The summed E-state index contributed by atoms with van der Waals surface area (Å²) >= 11 is 1.53. The minimum Gasteiger partial charge on any atom is -0.381 e. The van der Waals surface area contributed by atoms with E-state index in [1.54, 1.807) is 0 Å². The number of thiophene rings is 1. The molecule has 23 heavy (non-hydrogen) atoms. The van der Waals surface area contributed by atoms with Crippen LogP contribution < -0.4 is 5.32 Å². The summed E-state index contributed by atoms with van der Waals surface area (Å²) < 4.78 is 5.58. The van der Waals surface area contributed by atoms with Crippen molar-refractivity contribution in [3.05, 3.63) is 21.9 Å². The molecule has 2 aliphatic heterocycles. The number of nitrogens with one attached hydrogen (secondary N) is 1. The molecule has 0 atom stereocenters. The number of rotatable bonds is 5. The SMILES string of the molecule is Cc1ccsc1C(=O)NCC1(CN2CCCCC2)CCOCC1. The number of nitrogens with zero attached hydrogens (tertiary/aromatic N) is 1. The summed E-state index contributed by atoms with van der Waals surface area (Å²) in [6.45, 7) is 7.93. The van der Waals surface area contributed by atoms with Gasteiger partial charge < -0.3 is 15.0 Å². The van der Waals surface area contributed by atoms with Crippen LogP contribution >= 0.6 is 11.3 Å². The normalized spacial score (nSPS) is 22.0. The first-order valence-corrected chi connectivity index (χ1v) is 9.69. The quantitative estimate of drug-likeness (QED) is 0.898. The third-order valence-electron chi connectivity index (χ3n) is 5.25. The van der Waals surface area contributed by atoms with Gasteiger partial charge in [-0.1, -0.05) is 6.42 Å². The highest BCUT2D eigenvalue weighted by atomic mass is 32.1. The van der Waals surface area contributed by atoms with Crippen molar-refractivity contribution in [2.24, 2.45) is 5.41 Å². The summed E-state index contributed by atoms with van der Waals surface area (Å²) in [6, 6.07) is 2.01. The smallest absolute Gasteiger partial charge is 0.261 e. The zero-order valence-electron chi connectivity index (χ0n) is 14.1. The standard InChI is InChI=1S/C18H28N2O2S/c1-15-5-12-23-16(15)17(21)19-13-18(6-10-22-11-7-18)14-20-8-3-2-4-9-20/h5,12H,2-4,6-11,13-14H2,1H3,(H,19,21). The van der Waals surface area contributed by atoms with Gasteiger partial charge in [0.05, 0.1) is 4.88 Å². The molecule has 1 aromatic rings. The second-order valence-electron chi connectivity index (χ2n) is 7.06. The summed E-state index contributed by atoms with van der Waals surface area (Å²) in [7, 11) is 0. The van der Waals surface area contributed by atoms with Gasteiger partial charge in [0.2, 0.25) is 0 Å². The molecule has 2 fully saturated rings. The van der Waals surface area contributed by atoms with Crippen molar-refractivity contribution < 1.29 is 9.53 Å². The molecule has 1 amide bonds. The fourth-order valence-corrected chi connectivity index (χ4v) is 4.58. The van der Waals surface area contributed by atoms with Crippen LogP contribution in [-0.4, -0.2) is 50.2 Å². The highest BCUT2D eigenvalue weighted by Crippen LogP contribution is 2.32. The van der Waals surface area contributed by atoms with Crippen molar-refractivity contribution in [1.82, 2.24) is 10.2 Å². The van der Waals surface area contributed by atoms with E-state index in [1.165, 1.54) is 43.7 Å². The Morgan fingerprint density at radius 1 is 1.30 bits per heavy atom.